The summed E-state index contributed by atoms with van der Waals surface area (Å²) in [5.41, 5.74) is 2.17. The van der Waals surface area contributed by atoms with Crippen molar-refractivity contribution in [3.63, 3.8) is 0 Å². The zero-order chi connectivity index (χ0) is 20.5. The Bertz CT molecular complexity index is 795. The molecule has 0 spiro atoms. The molecular weight excluding hydrogens is 499 g/mol. The lowest BCUT2D eigenvalue weighted by Gasteiger charge is -2.20. The lowest BCUT2D eigenvalue weighted by molar-refractivity contribution is 0.287. The smallest absolute Gasteiger partial charge is 0.192 e. The first-order chi connectivity index (χ1) is 13.5. The van der Waals surface area contributed by atoms with Gasteiger partial charge in [0, 0.05) is 11.4 Å². The fraction of sp³-hybridized carbons (Fsp3) is 0.524. The van der Waals surface area contributed by atoms with Crippen LogP contribution in [-0.4, -0.2) is 30.7 Å². The van der Waals surface area contributed by atoms with E-state index in [9.17, 15) is 0 Å². The van der Waals surface area contributed by atoms with E-state index < -0.39 is 0 Å². The molecule has 2 rings (SSSR count). The number of benzene rings is 1. The van der Waals surface area contributed by atoms with Crippen LogP contribution in [0.25, 0.3) is 0 Å². The van der Waals surface area contributed by atoms with Crippen LogP contribution in [0.2, 0.25) is 0 Å². The maximum Gasteiger partial charge on any atom is 0.192 e. The molecule has 0 aliphatic heterocycles. The minimum absolute atomic E-state index is 0. The number of aliphatic imine (C=N–C) groups is 1. The van der Waals surface area contributed by atoms with Crippen LogP contribution < -0.4 is 20.1 Å². The second-order valence-corrected chi connectivity index (χ2v) is 7.66. The summed E-state index contributed by atoms with van der Waals surface area (Å²) in [5.74, 6) is 2.33. The molecule has 6 nitrogen and oxygen atoms in total. The van der Waals surface area contributed by atoms with Crippen LogP contribution in [0, 0.1) is 13.8 Å². The van der Waals surface area contributed by atoms with Gasteiger partial charge in [0.15, 0.2) is 17.5 Å². The SMILES string of the molecule is CCNC(=NCc1sc(C)nc1C)NC(C)c1ccc(OCC)c(OCC)c1.I. The normalized spacial score (nSPS) is 12.1. The molecule has 0 aliphatic carbocycles. The third kappa shape index (κ3) is 7.65. The predicted molar refractivity (Wildman–Crippen MR) is 132 cm³/mol. The molecule has 0 fully saturated rings. The van der Waals surface area contributed by atoms with Crippen LogP contribution in [0.5, 0.6) is 11.5 Å². The lowest BCUT2D eigenvalue weighted by Crippen LogP contribution is -2.38. The van der Waals surface area contributed by atoms with Gasteiger partial charge in [-0.3, -0.25) is 0 Å². The number of halogens is 1. The third-order valence-electron chi connectivity index (χ3n) is 4.15. The second kappa shape index (κ2) is 12.9. The van der Waals surface area contributed by atoms with Gasteiger partial charge in [0.25, 0.3) is 0 Å². The topological polar surface area (TPSA) is 67.8 Å². The van der Waals surface area contributed by atoms with Crippen molar-refractivity contribution in [2.45, 2.75) is 54.1 Å². The monoisotopic (exact) mass is 532 g/mol. The lowest BCUT2D eigenvalue weighted by atomic mass is 10.1. The Morgan fingerprint density at radius 2 is 1.83 bits per heavy atom. The molecule has 1 aromatic heterocycles. The maximum absolute atomic E-state index is 5.75. The van der Waals surface area contributed by atoms with Crippen molar-refractivity contribution >= 4 is 41.3 Å². The molecule has 1 unspecified atom stereocenters. The molecule has 0 saturated carbocycles. The van der Waals surface area contributed by atoms with Gasteiger partial charge in [-0.1, -0.05) is 6.07 Å². The summed E-state index contributed by atoms with van der Waals surface area (Å²) in [7, 11) is 0. The average molecular weight is 532 g/mol. The number of hydrogen-bond acceptors (Lipinski definition) is 5. The van der Waals surface area contributed by atoms with Crippen molar-refractivity contribution < 1.29 is 9.47 Å². The van der Waals surface area contributed by atoms with Gasteiger partial charge < -0.3 is 20.1 Å². The highest BCUT2D eigenvalue weighted by molar-refractivity contribution is 14.0. The van der Waals surface area contributed by atoms with E-state index in [2.05, 4.69) is 35.5 Å². The predicted octanol–water partition coefficient (Wildman–Crippen LogP) is 4.99. The van der Waals surface area contributed by atoms with Crippen molar-refractivity contribution in [1.29, 1.82) is 0 Å². The van der Waals surface area contributed by atoms with Crippen LogP contribution in [-0.2, 0) is 6.54 Å². The maximum atomic E-state index is 5.75. The summed E-state index contributed by atoms with van der Waals surface area (Å²) in [4.78, 5) is 10.4. The second-order valence-electron chi connectivity index (χ2n) is 6.37. The van der Waals surface area contributed by atoms with Gasteiger partial charge in [-0.05, 0) is 59.2 Å². The Hall–Kier alpha value is -1.55. The summed E-state index contributed by atoms with van der Waals surface area (Å²) in [6.07, 6.45) is 0. The third-order valence-corrected chi connectivity index (χ3v) is 5.20. The molecule has 0 bridgehead atoms. The molecular formula is C21H33IN4O2S. The Morgan fingerprint density at radius 3 is 2.41 bits per heavy atom. The van der Waals surface area contributed by atoms with Crippen LogP contribution in [0.4, 0.5) is 0 Å². The minimum Gasteiger partial charge on any atom is -0.490 e. The zero-order valence-corrected chi connectivity index (χ0v) is 21.3. The van der Waals surface area contributed by atoms with E-state index >= 15 is 0 Å². The quantitative estimate of drug-likeness (QED) is 0.271. The van der Waals surface area contributed by atoms with E-state index in [0.717, 1.165) is 40.3 Å². The Balaban J connectivity index is 0.00000420. The van der Waals surface area contributed by atoms with Crippen LogP contribution in [0.3, 0.4) is 0 Å². The minimum atomic E-state index is 0. The average Bonchev–Trinajstić information content (AvgIpc) is 2.99. The number of aromatic nitrogens is 1. The fourth-order valence-electron chi connectivity index (χ4n) is 2.82. The van der Waals surface area contributed by atoms with E-state index in [1.807, 2.05) is 39.8 Å². The van der Waals surface area contributed by atoms with Crippen molar-refractivity contribution in [3.8, 4) is 11.5 Å². The highest BCUT2D eigenvalue weighted by Crippen LogP contribution is 2.30. The van der Waals surface area contributed by atoms with Crippen molar-refractivity contribution in [2.75, 3.05) is 19.8 Å². The summed E-state index contributed by atoms with van der Waals surface area (Å²) in [6, 6.07) is 6.13. The molecule has 0 aliphatic rings. The number of aryl methyl sites for hydroxylation is 2. The number of hydrogen-bond donors (Lipinski definition) is 2. The first-order valence-electron chi connectivity index (χ1n) is 9.85. The first-order valence-corrected chi connectivity index (χ1v) is 10.7. The fourth-order valence-corrected chi connectivity index (χ4v) is 3.68. The Morgan fingerprint density at radius 1 is 1.14 bits per heavy atom. The van der Waals surface area contributed by atoms with Gasteiger partial charge in [0.1, 0.15) is 0 Å². The molecule has 1 aromatic carbocycles. The van der Waals surface area contributed by atoms with Gasteiger partial charge in [0.05, 0.1) is 36.5 Å². The van der Waals surface area contributed by atoms with Gasteiger partial charge in [0.2, 0.25) is 0 Å². The molecule has 1 heterocycles. The van der Waals surface area contributed by atoms with Crippen LogP contribution >= 0.6 is 35.3 Å². The summed E-state index contributed by atoms with van der Waals surface area (Å²) >= 11 is 1.70. The molecule has 2 aromatic rings. The first kappa shape index (κ1) is 25.5. The Labute approximate surface area is 195 Å². The standard InChI is InChI=1S/C21H32N4O2S.HI/c1-7-22-21(23-13-20-15(5)24-16(6)28-20)25-14(4)17-10-11-18(26-8-2)19(12-17)27-9-3;/h10-12,14H,7-9,13H2,1-6H3,(H2,22,23,25);1H. The molecule has 2 N–H and O–H groups in total. The van der Waals surface area contributed by atoms with Gasteiger partial charge in [-0.25, -0.2) is 9.98 Å². The molecule has 29 heavy (non-hydrogen) atoms. The number of thiazole rings is 1. The van der Waals surface area contributed by atoms with Crippen molar-refractivity contribution in [3.05, 3.63) is 39.3 Å². The van der Waals surface area contributed by atoms with E-state index in [4.69, 9.17) is 14.5 Å². The van der Waals surface area contributed by atoms with Gasteiger partial charge >= 0.3 is 0 Å². The van der Waals surface area contributed by atoms with E-state index in [-0.39, 0.29) is 30.0 Å². The molecule has 1 atom stereocenters. The summed E-state index contributed by atoms with van der Waals surface area (Å²) < 4.78 is 11.4. The van der Waals surface area contributed by atoms with E-state index in [0.29, 0.717) is 19.8 Å². The highest BCUT2D eigenvalue weighted by Gasteiger charge is 2.13. The summed E-state index contributed by atoms with van der Waals surface area (Å²) in [6.45, 7) is 14.8. The molecule has 8 heteroatoms. The van der Waals surface area contributed by atoms with E-state index in [1.54, 1.807) is 11.3 Å². The molecule has 162 valence electrons. The molecule has 0 amide bonds. The largest absolute Gasteiger partial charge is 0.490 e. The van der Waals surface area contributed by atoms with Gasteiger partial charge in [-0.2, -0.15) is 0 Å². The van der Waals surface area contributed by atoms with Crippen LogP contribution in [0.1, 0.15) is 54.9 Å². The zero-order valence-electron chi connectivity index (χ0n) is 18.2. The van der Waals surface area contributed by atoms with Gasteiger partial charge in [-0.15, -0.1) is 35.3 Å². The highest BCUT2D eigenvalue weighted by atomic mass is 127. The van der Waals surface area contributed by atoms with Crippen molar-refractivity contribution in [2.24, 2.45) is 4.99 Å². The van der Waals surface area contributed by atoms with Crippen LogP contribution in [0.15, 0.2) is 23.2 Å². The number of guanidine groups is 1. The number of nitrogens with one attached hydrogen (secondary N) is 2. The number of nitrogens with zero attached hydrogens (tertiary/aromatic N) is 2. The van der Waals surface area contributed by atoms with Crippen molar-refractivity contribution in [1.82, 2.24) is 15.6 Å². The Kier molecular flexibility index (Phi) is 11.3. The molecule has 0 saturated heterocycles. The molecule has 0 radical (unpaired) electrons. The summed E-state index contributed by atoms with van der Waals surface area (Å²) in [5, 5.41) is 7.87. The number of rotatable bonds is 9. The number of ether oxygens (including phenoxy) is 2. The van der Waals surface area contributed by atoms with E-state index in [1.165, 1.54) is 4.88 Å².